The molecule has 0 aromatic carbocycles. The Morgan fingerprint density at radius 2 is 1.55 bits per heavy atom. The van der Waals surface area contributed by atoms with Gasteiger partial charge in [0.25, 0.3) is 0 Å². The SMILES string of the molecule is CC(F)C(F)=C(F)C(F)(F)F. The van der Waals surface area contributed by atoms with Gasteiger partial charge in [-0.05, 0) is 6.92 Å². The number of hydrogen-bond donors (Lipinski definition) is 0. The predicted molar refractivity (Wildman–Crippen MR) is 25.9 cm³/mol. The third-order valence-corrected chi connectivity index (χ3v) is 0.808. The second-order valence-corrected chi connectivity index (χ2v) is 1.78. The first kappa shape index (κ1) is 10.3. The van der Waals surface area contributed by atoms with Crippen LogP contribution in [0.3, 0.4) is 0 Å². The van der Waals surface area contributed by atoms with Crippen LogP contribution in [-0.4, -0.2) is 12.3 Å². The average Bonchev–Trinajstić information content (AvgIpc) is 1.82. The van der Waals surface area contributed by atoms with Crippen molar-refractivity contribution in [1.29, 1.82) is 0 Å². The number of rotatable bonds is 1. The minimum Gasteiger partial charge on any atom is -0.240 e. The summed E-state index contributed by atoms with van der Waals surface area (Å²) in [5.74, 6) is -5.43. The normalized spacial score (nSPS) is 17.7. The lowest BCUT2D eigenvalue weighted by Gasteiger charge is -2.04. The lowest BCUT2D eigenvalue weighted by molar-refractivity contribution is -0.112. The van der Waals surface area contributed by atoms with Gasteiger partial charge in [-0.1, -0.05) is 0 Å². The zero-order valence-corrected chi connectivity index (χ0v) is 5.35. The fourth-order valence-corrected chi connectivity index (χ4v) is 0.310. The smallest absolute Gasteiger partial charge is 0.240 e. The van der Waals surface area contributed by atoms with Crippen LogP contribution in [0.15, 0.2) is 11.7 Å². The molecule has 66 valence electrons. The Kier molecular flexibility index (Phi) is 2.95. The van der Waals surface area contributed by atoms with Gasteiger partial charge < -0.3 is 0 Å². The van der Waals surface area contributed by atoms with Gasteiger partial charge in [-0.15, -0.1) is 0 Å². The Morgan fingerprint density at radius 1 is 1.18 bits per heavy atom. The summed E-state index contributed by atoms with van der Waals surface area (Å²) in [7, 11) is 0. The lowest BCUT2D eigenvalue weighted by Crippen LogP contribution is -2.12. The van der Waals surface area contributed by atoms with Gasteiger partial charge >= 0.3 is 6.18 Å². The molecule has 0 amide bonds. The fourth-order valence-electron chi connectivity index (χ4n) is 0.310. The Morgan fingerprint density at radius 3 is 1.64 bits per heavy atom. The van der Waals surface area contributed by atoms with Crippen LogP contribution in [0.25, 0.3) is 0 Å². The molecule has 1 unspecified atom stereocenters. The van der Waals surface area contributed by atoms with Crippen molar-refractivity contribution in [3.05, 3.63) is 11.7 Å². The summed E-state index contributed by atoms with van der Waals surface area (Å²) in [6.45, 7) is 0.473. The van der Waals surface area contributed by atoms with Crippen LogP contribution < -0.4 is 0 Å². The monoisotopic (exact) mass is 178 g/mol. The lowest BCUT2D eigenvalue weighted by atomic mass is 10.3. The molecule has 0 aliphatic heterocycles. The molecule has 6 heteroatoms. The van der Waals surface area contributed by atoms with Gasteiger partial charge in [0, 0.05) is 0 Å². The Bertz CT molecular complexity index is 164. The summed E-state index contributed by atoms with van der Waals surface area (Å²) in [6, 6.07) is 0. The zero-order valence-electron chi connectivity index (χ0n) is 5.35. The molecule has 0 nitrogen and oxygen atoms in total. The molecule has 0 spiro atoms. The van der Waals surface area contributed by atoms with E-state index in [1.54, 1.807) is 0 Å². The number of halogens is 6. The highest BCUT2D eigenvalue weighted by atomic mass is 19.4. The largest absolute Gasteiger partial charge is 0.445 e. The molecule has 11 heavy (non-hydrogen) atoms. The van der Waals surface area contributed by atoms with E-state index >= 15 is 0 Å². The second-order valence-electron chi connectivity index (χ2n) is 1.78. The first-order chi connectivity index (χ1) is 4.76. The maximum atomic E-state index is 11.8. The van der Waals surface area contributed by atoms with Gasteiger partial charge in [0.2, 0.25) is 5.83 Å². The van der Waals surface area contributed by atoms with Crippen LogP contribution in [0.5, 0.6) is 0 Å². The molecule has 0 saturated carbocycles. The summed E-state index contributed by atoms with van der Waals surface area (Å²) in [5, 5.41) is 0. The molecule has 0 saturated heterocycles. The molecule has 0 fully saturated rings. The van der Waals surface area contributed by atoms with Crippen LogP contribution in [-0.2, 0) is 0 Å². The van der Waals surface area contributed by atoms with E-state index in [1.165, 1.54) is 0 Å². The molecule has 0 aromatic heterocycles. The van der Waals surface area contributed by atoms with Crippen LogP contribution in [0.4, 0.5) is 26.3 Å². The summed E-state index contributed by atoms with van der Waals surface area (Å²) >= 11 is 0. The molecular formula is C5H4F6. The Balaban J connectivity index is 4.67. The van der Waals surface area contributed by atoms with Crippen molar-refractivity contribution in [2.75, 3.05) is 0 Å². The zero-order chi connectivity index (χ0) is 9.23. The van der Waals surface area contributed by atoms with Crippen molar-refractivity contribution in [2.24, 2.45) is 0 Å². The van der Waals surface area contributed by atoms with Crippen LogP contribution >= 0.6 is 0 Å². The highest BCUT2D eigenvalue weighted by Gasteiger charge is 2.39. The van der Waals surface area contributed by atoms with Crippen molar-refractivity contribution in [3.63, 3.8) is 0 Å². The molecule has 0 N–H and O–H groups in total. The summed E-state index contributed by atoms with van der Waals surface area (Å²) < 4.78 is 68.9. The van der Waals surface area contributed by atoms with Crippen molar-refractivity contribution in [3.8, 4) is 0 Å². The van der Waals surface area contributed by atoms with E-state index in [4.69, 9.17) is 0 Å². The molecule has 1 atom stereocenters. The number of hydrogen-bond acceptors (Lipinski definition) is 0. The third-order valence-electron chi connectivity index (χ3n) is 0.808. The minimum atomic E-state index is -5.44. The number of allylic oxidation sites excluding steroid dienone is 2. The van der Waals surface area contributed by atoms with Gasteiger partial charge in [-0.3, -0.25) is 0 Å². The topological polar surface area (TPSA) is 0 Å². The van der Waals surface area contributed by atoms with Crippen molar-refractivity contribution < 1.29 is 26.3 Å². The number of alkyl halides is 4. The maximum Gasteiger partial charge on any atom is 0.445 e. The predicted octanol–water partition coefficient (Wildman–Crippen LogP) is 3.06. The van der Waals surface area contributed by atoms with Crippen molar-refractivity contribution in [2.45, 2.75) is 19.3 Å². The molecule has 0 bridgehead atoms. The van der Waals surface area contributed by atoms with E-state index in [-0.39, 0.29) is 0 Å². The van der Waals surface area contributed by atoms with Crippen LogP contribution in [0.1, 0.15) is 6.92 Å². The van der Waals surface area contributed by atoms with Crippen LogP contribution in [0.2, 0.25) is 0 Å². The Labute approximate surface area is 58.5 Å². The minimum absolute atomic E-state index is 0.473. The standard InChI is InChI=1S/C5H4F6/c1-2(6)3(7)4(8)5(9,10)11/h2H,1H3. The molecular weight excluding hydrogens is 174 g/mol. The molecule has 0 aliphatic rings. The fraction of sp³-hybridized carbons (Fsp3) is 0.600. The highest BCUT2D eigenvalue weighted by molar-refractivity contribution is 5.08. The van der Waals surface area contributed by atoms with Gasteiger partial charge in [0.05, 0.1) is 0 Å². The van der Waals surface area contributed by atoms with E-state index in [9.17, 15) is 26.3 Å². The van der Waals surface area contributed by atoms with E-state index in [1.807, 2.05) is 0 Å². The van der Waals surface area contributed by atoms with Gasteiger partial charge in [0.1, 0.15) is 0 Å². The molecule has 0 rings (SSSR count). The molecule has 0 heterocycles. The van der Waals surface area contributed by atoms with E-state index in [0.29, 0.717) is 6.92 Å². The Hall–Kier alpha value is -0.680. The van der Waals surface area contributed by atoms with Gasteiger partial charge in [-0.2, -0.15) is 17.6 Å². The van der Waals surface area contributed by atoms with E-state index < -0.39 is 24.0 Å². The summed E-state index contributed by atoms with van der Waals surface area (Å²) in [6.07, 6.45) is -8.01. The first-order valence-corrected chi connectivity index (χ1v) is 2.53. The van der Waals surface area contributed by atoms with E-state index in [2.05, 4.69) is 0 Å². The van der Waals surface area contributed by atoms with Gasteiger partial charge in [-0.25, -0.2) is 8.78 Å². The van der Waals surface area contributed by atoms with Gasteiger partial charge in [0.15, 0.2) is 12.0 Å². The summed E-state index contributed by atoms with van der Waals surface area (Å²) in [4.78, 5) is 0. The van der Waals surface area contributed by atoms with E-state index in [0.717, 1.165) is 0 Å². The van der Waals surface area contributed by atoms with Crippen molar-refractivity contribution in [1.82, 2.24) is 0 Å². The molecule has 0 aliphatic carbocycles. The summed E-state index contributed by atoms with van der Waals surface area (Å²) in [5.41, 5.74) is 0. The first-order valence-electron chi connectivity index (χ1n) is 2.53. The maximum absolute atomic E-state index is 11.8. The quantitative estimate of drug-likeness (QED) is 0.541. The molecule has 0 radical (unpaired) electrons. The average molecular weight is 178 g/mol. The second kappa shape index (κ2) is 3.15. The highest BCUT2D eigenvalue weighted by Crippen LogP contribution is 2.31. The molecule has 0 aromatic rings. The van der Waals surface area contributed by atoms with Crippen molar-refractivity contribution >= 4 is 0 Å². The van der Waals surface area contributed by atoms with Crippen LogP contribution in [0, 0.1) is 0 Å². The third kappa shape index (κ3) is 2.81.